The fourth-order valence-corrected chi connectivity index (χ4v) is 2.39. The van der Waals surface area contributed by atoms with Crippen molar-refractivity contribution < 1.29 is 9.59 Å². The number of carbonyl (C=O) groups excluding carboxylic acids is 2. The lowest BCUT2D eigenvalue weighted by atomic mass is 10.0. The molecular weight excluding hydrogens is 256 g/mol. The third-order valence-corrected chi connectivity index (χ3v) is 3.44. The van der Waals surface area contributed by atoms with Gasteiger partial charge in [-0.15, -0.1) is 0 Å². The molecule has 0 saturated carbocycles. The largest absolute Gasteiger partial charge is 0.338 e. The Kier molecular flexibility index (Phi) is 6.42. The van der Waals surface area contributed by atoms with Gasteiger partial charge in [0.25, 0.3) is 0 Å². The van der Waals surface area contributed by atoms with Gasteiger partial charge in [-0.1, -0.05) is 13.8 Å². The minimum absolute atomic E-state index is 0.0124. The highest BCUT2D eigenvalue weighted by molar-refractivity contribution is 5.82. The predicted molar refractivity (Wildman–Crippen MR) is 79.1 cm³/mol. The molecule has 1 aliphatic heterocycles. The lowest BCUT2D eigenvalue weighted by molar-refractivity contribution is -0.140. The minimum atomic E-state index is -0.418. The smallest absolute Gasteiger partial charge is 0.239 e. The van der Waals surface area contributed by atoms with Gasteiger partial charge in [0.1, 0.15) is 0 Å². The first kappa shape index (κ1) is 16.9. The van der Waals surface area contributed by atoms with Crippen LogP contribution in [-0.4, -0.2) is 79.4 Å². The summed E-state index contributed by atoms with van der Waals surface area (Å²) in [7, 11) is 3.76. The van der Waals surface area contributed by atoms with Gasteiger partial charge in [-0.25, -0.2) is 0 Å². The molecule has 0 aromatic rings. The molecule has 1 saturated heterocycles. The molecule has 0 radical (unpaired) electrons. The summed E-state index contributed by atoms with van der Waals surface area (Å²) in [5.74, 6) is 0.545. The topological polar surface area (TPSA) is 69.9 Å². The normalized spacial score (nSPS) is 17.8. The summed E-state index contributed by atoms with van der Waals surface area (Å²) >= 11 is 0. The number of nitrogens with two attached hydrogens (primary N) is 1. The van der Waals surface area contributed by atoms with E-state index < -0.39 is 6.04 Å². The van der Waals surface area contributed by atoms with Crippen molar-refractivity contribution >= 4 is 11.8 Å². The molecule has 1 aliphatic rings. The summed E-state index contributed by atoms with van der Waals surface area (Å²) in [5, 5.41) is 0. The first-order chi connectivity index (χ1) is 9.31. The van der Waals surface area contributed by atoms with E-state index in [4.69, 9.17) is 5.73 Å². The minimum Gasteiger partial charge on any atom is -0.338 e. The van der Waals surface area contributed by atoms with Crippen LogP contribution in [-0.2, 0) is 9.59 Å². The van der Waals surface area contributed by atoms with Crippen LogP contribution in [0.2, 0.25) is 0 Å². The fourth-order valence-electron chi connectivity index (χ4n) is 2.39. The second-order valence-corrected chi connectivity index (χ2v) is 6.18. The molecule has 6 heteroatoms. The van der Waals surface area contributed by atoms with Gasteiger partial charge >= 0.3 is 0 Å². The van der Waals surface area contributed by atoms with E-state index in [0.29, 0.717) is 45.1 Å². The Bertz CT molecular complexity index is 336. The van der Waals surface area contributed by atoms with Crippen molar-refractivity contribution in [3.8, 4) is 0 Å². The summed E-state index contributed by atoms with van der Waals surface area (Å²) in [6.07, 6.45) is 0.707. The van der Waals surface area contributed by atoms with Crippen LogP contribution in [0.25, 0.3) is 0 Å². The number of amides is 2. The van der Waals surface area contributed by atoms with Crippen LogP contribution in [0.1, 0.15) is 20.3 Å². The molecule has 116 valence electrons. The van der Waals surface area contributed by atoms with E-state index in [0.717, 1.165) is 0 Å². The Hall–Kier alpha value is -1.14. The van der Waals surface area contributed by atoms with Crippen LogP contribution in [0.15, 0.2) is 0 Å². The average Bonchev–Trinajstić information content (AvgIpc) is 2.36. The first-order valence-corrected chi connectivity index (χ1v) is 7.28. The molecule has 1 fully saturated rings. The number of hydrogen-bond donors (Lipinski definition) is 1. The monoisotopic (exact) mass is 284 g/mol. The summed E-state index contributed by atoms with van der Waals surface area (Å²) < 4.78 is 0. The Morgan fingerprint density at radius 2 is 1.60 bits per heavy atom. The zero-order chi connectivity index (χ0) is 15.3. The standard InChI is InChI=1S/C14H28N4O2/c1-11(2)9-12(15)14(20)18-7-5-17(6-8-18)13(19)10-16(3)4/h11-12H,5-10,15H2,1-4H3/t12-/m1/s1. The van der Waals surface area contributed by atoms with E-state index in [1.807, 2.05) is 23.9 Å². The van der Waals surface area contributed by atoms with Crippen molar-refractivity contribution in [2.24, 2.45) is 11.7 Å². The van der Waals surface area contributed by atoms with Gasteiger partial charge in [0.15, 0.2) is 0 Å². The molecule has 1 rings (SSSR count). The molecule has 0 spiro atoms. The van der Waals surface area contributed by atoms with Crippen molar-refractivity contribution in [2.45, 2.75) is 26.3 Å². The van der Waals surface area contributed by atoms with Gasteiger partial charge < -0.3 is 20.4 Å². The maximum Gasteiger partial charge on any atom is 0.239 e. The van der Waals surface area contributed by atoms with E-state index in [9.17, 15) is 9.59 Å². The Morgan fingerprint density at radius 1 is 1.10 bits per heavy atom. The molecule has 2 amide bonds. The highest BCUT2D eigenvalue weighted by Gasteiger charge is 2.27. The molecule has 0 unspecified atom stereocenters. The van der Waals surface area contributed by atoms with Gasteiger partial charge in [0.2, 0.25) is 11.8 Å². The summed E-state index contributed by atoms with van der Waals surface area (Å²) in [4.78, 5) is 29.6. The highest BCUT2D eigenvalue weighted by Crippen LogP contribution is 2.09. The van der Waals surface area contributed by atoms with Crippen molar-refractivity contribution in [2.75, 3.05) is 46.8 Å². The van der Waals surface area contributed by atoms with E-state index in [2.05, 4.69) is 13.8 Å². The summed E-state index contributed by atoms with van der Waals surface area (Å²) in [6.45, 7) is 6.92. The van der Waals surface area contributed by atoms with Crippen LogP contribution in [0, 0.1) is 5.92 Å². The molecule has 6 nitrogen and oxygen atoms in total. The van der Waals surface area contributed by atoms with Crippen LogP contribution in [0.5, 0.6) is 0 Å². The van der Waals surface area contributed by atoms with Gasteiger partial charge in [-0.05, 0) is 26.4 Å². The molecule has 2 N–H and O–H groups in total. The molecule has 0 aliphatic carbocycles. The maximum atomic E-state index is 12.2. The first-order valence-electron chi connectivity index (χ1n) is 7.28. The lowest BCUT2D eigenvalue weighted by Gasteiger charge is -2.36. The zero-order valence-electron chi connectivity index (χ0n) is 13.1. The Balaban J connectivity index is 2.41. The van der Waals surface area contributed by atoms with E-state index in [1.54, 1.807) is 4.90 Å². The van der Waals surface area contributed by atoms with Crippen LogP contribution < -0.4 is 5.73 Å². The van der Waals surface area contributed by atoms with E-state index >= 15 is 0 Å². The number of nitrogens with zero attached hydrogens (tertiary/aromatic N) is 3. The number of likely N-dealkylation sites (N-methyl/N-ethyl adjacent to an activating group) is 1. The number of rotatable bonds is 5. The number of piperazine rings is 1. The lowest BCUT2D eigenvalue weighted by Crippen LogP contribution is -2.55. The van der Waals surface area contributed by atoms with Crippen molar-refractivity contribution in [1.82, 2.24) is 14.7 Å². The van der Waals surface area contributed by atoms with Gasteiger partial charge in [0, 0.05) is 26.2 Å². The third kappa shape index (κ3) is 5.09. The molecule has 0 aromatic heterocycles. The third-order valence-electron chi connectivity index (χ3n) is 3.44. The van der Waals surface area contributed by atoms with Crippen molar-refractivity contribution in [1.29, 1.82) is 0 Å². The number of carbonyl (C=O) groups is 2. The molecule has 20 heavy (non-hydrogen) atoms. The van der Waals surface area contributed by atoms with Crippen LogP contribution >= 0.6 is 0 Å². The van der Waals surface area contributed by atoms with Gasteiger partial charge in [0.05, 0.1) is 12.6 Å². The Morgan fingerprint density at radius 3 is 2.05 bits per heavy atom. The van der Waals surface area contributed by atoms with Gasteiger partial charge in [-0.2, -0.15) is 0 Å². The molecule has 1 atom stereocenters. The van der Waals surface area contributed by atoms with Crippen LogP contribution in [0.4, 0.5) is 0 Å². The zero-order valence-corrected chi connectivity index (χ0v) is 13.1. The molecule has 1 heterocycles. The molecular formula is C14H28N4O2. The van der Waals surface area contributed by atoms with E-state index in [1.165, 1.54) is 0 Å². The second kappa shape index (κ2) is 7.59. The second-order valence-electron chi connectivity index (χ2n) is 6.18. The number of hydrogen-bond acceptors (Lipinski definition) is 4. The molecule has 0 aromatic carbocycles. The van der Waals surface area contributed by atoms with Crippen molar-refractivity contribution in [3.05, 3.63) is 0 Å². The maximum absolute atomic E-state index is 12.2. The highest BCUT2D eigenvalue weighted by atomic mass is 16.2. The summed E-state index contributed by atoms with van der Waals surface area (Å²) in [6, 6.07) is -0.418. The molecule has 0 bridgehead atoms. The Labute approximate surface area is 121 Å². The van der Waals surface area contributed by atoms with Crippen LogP contribution in [0.3, 0.4) is 0 Å². The van der Waals surface area contributed by atoms with E-state index in [-0.39, 0.29) is 11.8 Å². The van der Waals surface area contributed by atoms with Crippen molar-refractivity contribution in [3.63, 3.8) is 0 Å². The quantitative estimate of drug-likeness (QED) is 0.745. The summed E-state index contributed by atoms with van der Waals surface area (Å²) in [5.41, 5.74) is 5.93. The fraction of sp³-hybridized carbons (Fsp3) is 0.857. The average molecular weight is 284 g/mol. The van der Waals surface area contributed by atoms with Gasteiger partial charge in [-0.3, -0.25) is 9.59 Å². The predicted octanol–water partition coefficient (Wildman–Crippen LogP) is -0.408. The SMILES string of the molecule is CC(C)C[C@@H](N)C(=O)N1CCN(C(=O)CN(C)C)CC1.